The molecule has 6 heteroatoms. The fraction of sp³-hybridized carbons (Fsp3) is 0.833. The SMILES string of the molecule is NC(=O)N1CC[C@@H](C(F)(F)F)C1. The molecule has 1 atom stereocenters. The molecule has 1 saturated heterocycles. The van der Waals surface area contributed by atoms with Crippen molar-refractivity contribution >= 4 is 6.03 Å². The van der Waals surface area contributed by atoms with E-state index in [0.717, 1.165) is 4.90 Å². The zero-order chi connectivity index (χ0) is 9.35. The molecule has 2 amide bonds. The van der Waals surface area contributed by atoms with E-state index < -0.39 is 18.1 Å². The van der Waals surface area contributed by atoms with Crippen LogP contribution in [0.3, 0.4) is 0 Å². The molecular weight excluding hydrogens is 173 g/mol. The van der Waals surface area contributed by atoms with Gasteiger partial charge >= 0.3 is 12.2 Å². The van der Waals surface area contributed by atoms with Crippen molar-refractivity contribution in [3.05, 3.63) is 0 Å². The molecule has 0 aromatic carbocycles. The highest BCUT2D eigenvalue weighted by molar-refractivity contribution is 5.72. The van der Waals surface area contributed by atoms with Gasteiger partial charge in [-0.2, -0.15) is 13.2 Å². The summed E-state index contributed by atoms with van der Waals surface area (Å²) in [6.45, 7) is -0.182. The minimum Gasteiger partial charge on any atom is -0.351 e. The molecule has 0 spiro atoms. The van der Waals surface area contributed by atoms with Crippen LogP contribution in [0.25, 0.3) is 0 Å². The summed E-state index contributed by atoms with van der Waals surface area (Å²) in [7, 11) is 0. The maximum atomic E-state index is 12.0. The number of rotatable bonds is 0. The Balaban J connectivity index is 2.51. The Hall–Kier alpha value is -0.940. The maximum absolute atomic E-state index is 12.0. The average molecular weight is 182 g/mol. The van der Waals surface area contributed by atoms with Crippen LogP contribution in [0.2, 0.25) is 0 Å². The minimum absolute atomic E-state index is 0.0353. The second-order valence-corrected chi connectivity index (χ2v) is 2.81. The summed E-state index contributed by atoms with van der Waals surface area (Å²) in [5, 5.41) is 0. The second kappa shape index (κ2) is 2.84. The minimum atomic E-state index is -4.20. The first-order valence-corrected chi connectivity index (χ1v) is 3.52. The molecule has 1 fully saturated rings. The first kappa shape index (κ1) is 9.15. The number of carbonyl (C=O) groups is 1. The molecular formula is C6H9F3N2O. The lowest BCUT2D eigenvalue weighted by Gasteiger charge is -2.15. The van der Waals surface area contributed by atoms with Crippen LogP contribution in [0.4, 0.5) is 18.0 Å². The van der Waals surface area contributed by atoms with Crippen LogP contribution in [0.5, 0.6) is 0 Å². The van der Waals surface area contributed by atoms with E-state index in [1.807, 2.05) is 0 Å². The number of nitrogens with two attached hydrogens (primary N) is 1. The van der Waals surface area contributed by atoms with Crippen LogP contribution in [0, 0.1) is 5.92 Å². The molecule has 1 aliphatic rings. The van der Waals surface area contributed by atoms with Gasteiger partial charge in [-0.05, 0) is 6.42 Å². The van der Waals surface area contributed by atoms with E-state index in [1.165, 1.54) is 0 Å². The largest absolute Gasteiger partial charge is 0.393 e. The number of nitrogens with zero attached hydrogens (tertiary/aromatic N) is 1. The standard InChI is InChI=1S/C6H9F3N2O/c7-6(8,9)4-1-2-11(3-4)5(10)12/h4H,1-3H2,(H2,10,12)/t4-/m1/s1. The number of urea groups is 1. The topological polar surface area (TPSA) is 46.3 Å². The fourth-order valence-corrected chi connectivity index (χ4v) is 1.23. The lowest BCUT2D eigenvalue weighted by Crippen LogP contribution is -2.35. The van der Waals surface area contributed by atoms with Crippen molar-refractivity contribution in [3.8, 4) is 0 Å². The zero-order valence-electron chi connectivity index (χ0n) is 6.27. The molecule has 1 heterocycles. The van der Waals surface area contributed by atoms with Gasteiger partial charge in [-0.3, -0.25) is 0 Å². The number of hydrogen-bond acceptors (Lipinski definition) is 1. The molecule has 1 rings (SSSR count). The Morgan fingerprint density at radius 1 is 1.50 bits per heavy atom. The molecule has 3 nitrogen and oxygen atoms in total. The third-order valence-corrected chi connectivity index (χ3v) is 1.96. The summed E-state index contributed by atoms with van der Waals surface area (Å²) in [6.07, 6.45) is -4.24. The smallest absolute Gasteiger partial charge is 0.351 e. The van der Waals surface area contributed by atoms with Gasteiger partial charge in [-0.15, -0.1) is 0 Å². The summed E-state index contributed by atoms with van der Waals surface area (Å²) in [4.78, 5) is 11.5. The quantitative estimate of drug-likeness (QED) is 0.595. The first-order valence-electron chi connectivity index (χ1n) is 3.52. The molecule has 12 heavy (non-hydrogen) atoms. The highest BCUT2D eigenvalue weighted by Crippen LogP contribution is 2.33. The van der Waals surface area contributed by atoms with E-state index in [0.29, 0.717) is 0 Å². The molecule has 0 aromatic heterocycles. The van der Waals surface area contributed by atoms with Gasteiger partial charge < -0.3 is 10.6 Å². The van der Waals surface area contributed by atoms with Crippen LogP contribution in [0.1, 0.15) is 6.42 Å². The van der Waals surface area contributed by atoms with E-state index in [9.17, 15) is 18.0 Å². The lowest BCUT2D eigenvalue weighted by molar-refractivity contribution is -0.169. The fourth-order valence-electron chi connectivity index (χ4n) is 1.23. The number of halogens is 3. The van der Waals surface area contributed by atoms with Crippen molar-refractivity contribution in [3.63, 3.8) is 0 Å². The van der Waals surface area contributed by atoms with E-state index >= 15 is 0 Å². The Kier molecular flexibility index (Phi) is 2.16. The van der Waals surface area contributed by atoms with Crippen molar-refractivity contribution in [2.75, 3.05) is 13.1 Å². The van der Waals surface area contributed by atoms with E-state index in [2.05, 4.69) is 0 Å². The molecule has 2 N–H and O–H groups in total. The molecule has 0 radical (unpaired) electrons. The molecule has 1 aliphatic heterocycles. The summed E-state index contributed by atoms with van der Waals surface area (Å²) in [5.74, 6) is -1.40. The summed E-state index contributed by atoms with van der Waals surface area (Å²) < 4.78 is 36.1. The van der Waals surface area contributed by atoms with Gasteiger partial charge in [0.05, 0.1) is 5.92 Å². The lowest BCUT2D eigenvalue weighted by atomic mass is 10.1. The normalized spacial score (nSPS) is 24.6. The number of alkyl halides is 3. The van der Waals surface area contributed by atoms with Crippen molar-refractivity contribution in [1.29, 1.82) is 0 Å². The number of amides is 2. The van der Waals surface area contributed by atoms with Crippen LogP contribution in [-0.2, 0) is 0 Å². The van der Waals surface area contributed by atoms with E-state index in [1.54, 1.807) is 0 Å². The van der Waals surface area contributed by atoms with E-state index in [-0.39, 0.29) is 19.5 Å². The first-order chi connectivity index (χ1) is 5.41. The summed E-state index contributed by atoms with van der Waals surface area (Å²) >= 11 is 0. The monoisotopic (exact) mass is 182 g/mol. The third-order valence-electron chi connectivity index (χ3n) is 1.96. The van der Waals surface area contributed by atoms with Crippen molar-refractivity contribution in [1.82, 2.24) is 4.90 Å². The van der Waals surface area contributed by atoms with Gasteiger partial charge in [-0.1, -0.05) is 0 Å². The third kappa shape index (κ3) is 1.80. The van der Waals surface area contributed by atoms with Crippen LogP contribution >= 0.6 is 0 Å². The highest BCUT2D eigenvalue weighted by Gasteiger charge is 2.44. The molecule has 0 saturated carbocycles. The van der Waals surface area contributed by atoms with Crippen molar-refractivity contribution in [2.45, 2.75) is 12.6 Å². The molecule has 70 valence electrons. The average Bonchev–Trinajstić information content (AvgIpc) is 2.30. The number of carbonyl (C=O) groups excluding carboxylic acids is 1. The van der Waals surface area contributed by atoms with Crippen molar-refractivity contribution < 1.29 is 18.0 Å². The van der Waals surface area contributed by atoms with Gasteiger partial charge in [0.2, 0.25) is 0 Å². The van der Waals surface area contributed by atoms with E-state index in [4.69, 9.17) is 5.73 Å². The van der Waals surface area contributed by atoms with Gasteiger partial charge in [0, 0.05) is 13.1 Å². The Morgan fingerprint density at radius 2 is 2.08 bits per heavy atom. The molecule has 0 unspecified atom stereocenters. The molecule has 0 bridgehead atoms. The van der Waals surface area contributed by atoms with Crippen molar-refractivity contribution in [2.24, 2.45) is 11.7 Å². The molecule has 0 aromatic rings. The Bertz CT molecular complexity index is 192. The highest BCUT2D eigenvalue weighted by atomic mass is 19.4. The predicted octanol–water partition coefficient (Wildman–Crippen LogP) is 0.949. The summed E-state index contributed by atoms with van der Waals surface area (Å²) in [5.41, 5.74) is 4.82. The Morgan fingerprint density at radius 3 is 2.33 bits per heavy atom. The van der Waals surface area contributed by atoms with Gasteiger partial charge in [0.1, 0.15) is 0 Å². The second-order valence-electron chi connectivity index (χ2n) is 2.81. The predicted molar refractivity (Wildman–Crippen MR) is 35.3 cm³/mol. The number of primary amides is 1. The van der Waals surface area contributed by atoms with Crippen LogP contribution < -0.4 is 5.73 Å². The number of hydrogen-bond donors (Lipinski definition) is 1. The van der Waals surface area contributed by atoms with Gasteiger partial charge in [-0.25, -0.2) is 4.79 Å². The maximum Gasteiger partial charge on any atom is 0.393 e. The van der Waals surface area contributed by atoms with Crippen LogP contribution in [-0.4, -0.2) is 30.2 Å². The van der Waals surface area contributed by atoms with Gasteiger partial charge in [0.15, 0.2) is 0 Å². The Labute approximate surface area is 67.3 Å². The van der Waals surface area contributed by atoms with Gasteiger partial charge in [0.25, 0.3) is 0 Å². The molecule has 0 aliphatic carbocycles. The summed E-state index contributed by atoms with van der Waals surface area (Å²) in [6, 6.07) is -0.776. The zero-order valence-corrected chi connectivity index (χ0v) is 6.27. The number of likely N-dealkylation sites (tertiary alicyclic amines) is 1. The van der Waals surface area contributed by atoms with Crippen LogP contribution in [0.15, 0.2) is 0 Å².